The molecule has 140 valence electrons. The number of benzene rings is 1. The van der Waals surface area contributed by atoms with Crippen LogP contribution in [-0.2, 0) is 4.74 Å². The van der Waals surface area contributed by atoms with Crippen molar-refractivity contribution in [3.05, 3.63) is 45.5 Å². The van der Waals surface area contributed by atoms with Crippen molar-refractivity contribution in [3.8, 4) is 0 Å². The topological polar surface area (TPSA) is 88.8 Å². The summed E-state index contributed by atoms with van der Waals surface area (Å²) in [5.74, 6) is -6.97. The van der Waals surface area contributed by atoms with Gasteiger partial charge < -0.3 is 9.84 Å². The maximum atomic E-state index is 14.3. The van der Waals surface area contributed by atoms with Gasteiger partial charge in [-0.3, -0.25) is 9.47 Å². The molecule has 0 spiro atoms. The first-order valence-electron chi connectivity index (χ1n) is 7.28. The highest BCUT2D eigenvalue weighted by atomic mass is 19.2. The quantitative estimate of drug-likeness (QED) is 0.819. The number of hydrogen-bond donors (Lipinski definition) is 1. The fraction of sp³-hybridized carbons (Fsp3) is 0.312. The summed E-state index contributed by atoms with van der Waals surface area (Å²) in [6, 6.07) is 0.377. The Balaban J connectivity index is 2.85. The van der Waals surface area contributed by atoms with E-state index in [2.05, 4.69) is 0 Å². The highest BCUT2D eigenvalue weighted by molar-refractivity contribution is 5.94. The number of carboxylic acid groups (broad SMARTS) is 1. The molecular formula is C16H15F3N2O5. The van der Waals surface area contributed by atoms with Gasteiger partial charge in [0.2, 0.25) is 5.43 Å². The van der Waals surface area contributed by atoms with Crippen molar-refractivity contribution in [1.29, 1.82) is 0 Å². The van der Waals surface area contributed by atoms with Crippen LogP contribution in [0.5, 0.6) is 0 Å². The van der Waals surface area contributed by atoms with E-state index < -0.39 is 57.0 Å². The standard InChI is InChI=1S/C16H15F3N2O5/c1-16(2,3)26-15(25)20(4)21-6-8(14(23)24)13(22)7-5-9(17)10(18)11(19)12(7)21/h5-6H,1-4H3,(H,23,24). The predicted molar refractivity (Wildman–Crippen MR) is 85.4 cm³/mol. The van der Waals surface area contributed by atoms with Crippen LogP contribution < -0.4 is 10.4 Å². The molecule has 10 heteroatoms. The lowest BCUT2D eigenvalue weighted by Gasteiger charge is -2.27. The summed E-state index contributed by atoms with van der Waals surface area (Å²) < 4.78 is 47.1. The monoisotopic (exact) mass is 372 g/mol. The van der Waals surface area contributed by atoms with Gasteiger partial charge in [-0.1, -0.05) is 0 Å². The maximum absolute atomic E-state index is 14.3. The van der Waals surface area contributed by atoms with Crippen LogP contribution in [0.2, 0.25) is 0 Å². The van der Waals surface area contributed by atoms with Gasteiger partial charge in [-0.05, 0) is 26.8 Å². The molecule has 1 amide bonds. The normalized spacial score (nSPS) is 11.5. The van der Waals surface area contributed by atoms with E-state index in [1.54, 1.807) is 20.8 Å². The maximum Gasteiger partial charge on any atom is 0.429 e. The van der Waals surface area contributed by atoms with E-state index >= 15 is 0 Å². The SMILES string of the molecule is CN(C(=O)OC(C)(C)C)n1cc(C(=O)O)c(=O)c2cc(F)c(F)c(F)c21. The molecule has 0 radical (unpaired) electrons. The Morgan fingerprint density at radius 1 is 1.19 bits per heavy atom. The molecule has 0 saturated carbocycles. The Hall–Kier alpha value is -3.04. The van der Waals surface area contributed by atoms with Crippen LogP contribution in [0.25, 0.3) is 10.9 Å². The second-order valence-corrected chi connectivity index (χ2v) is 6.41. The number of nitrogens with zero attached hydrogens (tertiary/aromatic N) is 2. The Kier molecular flexibility index (Phi) is 4.71. The van der Waals surface area contributed by atoms with Crippen molar-refractivity contribution in [3.63, 3.8) is 0 Å². The lowest BCUT2D eigenvalue weighted by atomic mass is 10.1. The number of carboxylic acids is 1. The molecule has 0 bridgehead atoms. The summed E-state index contributed by atoms with van der Waals surface area (Å²) in [5, 5.41) is 9.04. The van der Waals surface area contributed by atoms with Gasteiger partial charge >= 0.3 is 12.1 Å². The third kappa shape index (κ3) is 3.35. The second kappa shape index (κ2) is 6.36. The van der Waals surface area contributed by atoms with Crippen LogP contribution in [-0.4, -0.2) is 34.5 Å². The molecule has 0 unspecified atom stereocenters. The van der Waals surface area contributed by atoms with Gasteiger partial charge in [0.25, 0.3) is 0 Å². The lowest BCUT2D eigenvalue weighted by Crippen LogP contribution is -2.42. The first-order valence-corrected chi connectivity index (χ1v) is 7.28. The van der Waals surface area contributed by atoms with Crippen LogP contribution in [0.3, 0.4) is 0 Å². The molecule has 0 aliphatic carbocycles. The van der Waals surface area contributed by atoms with Gasteiger partial charge in [0.15, 0.2) is 17.5 Å². The molecule has 0 fully saturated rings. The van der Waals surface area contributed by atoms with Gasteiger partial charge in [-0.15, -0.1) is 0 Å². The molecule has 2 rings (SSSR count). The Bertz CT molecular complexity index is 979. The number of carbonyl (C=O) groups is 2. The minimum atomic E-state index is -1.87. The minimum absolute atomic E-state index is 0.377. The van der Waals surface area contributed by atoms with Crippen LogP contribution >= 0.6 is 0 Å². The van der Waals surface area contributed by atoms with Crippen LogP contribution in [0.4, 0.5) is 18.0 Å². The minimum Gasteiger partial charge on any atom is -0.477 e. The molecule has 0 aliphatic rings. The smallest absolute Gasteiger partial charge is 0.429 e. The van der Waals surface area contributed by atoms with Crippen molar-refractivity contribution in [2.75, 3.05) is 12.1 Å². The van der Waals surface area contributed by atoms with E-state index in [0.29, 0.717) is 21.9 Å². The summed E-state index contributed by atoms with van der Waals surface area (Å²) in [6.45, 7) is 4.67. The average molecular weight is 372 g/mol. The molecule has 0 atom stereocenters. The molecular weight excluding hydrogens is 357 g/mol. The Labute approximate surface area is 145 Å². The van der Waals surface area contributed by atoms with Gasteiger partial charge in [0.05, 0.1) is 5.39 Å². The van der Waals surface area contributed by atoms with Gasteiger partial charge in [-0.2, -0.15) is 0 Å². The summed E-state index contributed by atoms with van der Waals surface area (Å²) in [5.41, 5.74) is -3.82. The summed E-state index contributed by atoms with van der Waals surface area (Å²) in [4.78, 5) is 35.6. The molecule has 2 aromatic rings. The van der Waals surface area contributed by atoms with Gasteiger partial charge in [-0.25, -0.2) is 27.8 Å². The first-order chi connectivity index (χ1) is 11.8. The number of fused-ring (bicyclic) bond motifs is 1. The molecule has 1 heterocycles. The van der Waals surface area contributed by atoms with Crippen molar-refractivity contribution in [2.45, 2.75) is 26.4 Å². The number of ether oxygens (including phenoxy) is 1. The van der Waals surface area contributed by atoms with E-state index in [-0.39, 0.29) is 0 Å². The zero-order valence-corrected chi connectivity index (χ0v) is 14.3. The number of aromatic carboxylic acids is 1. The molecule has 0 saturated heterocycles. The Morgan fingerprint density at radius 3 is 2.27 bits per heavy atom. The van der Waals surface area contributed by atoms with Crippen LogP contribution in [0.15, 0.2) is 17.1 Å². The summed E-state index contributed by atoms with van der Waals surface area (Å²) >= 11 is 0. The number of rotatable bonds is 2. The molecule has 0 aliphatic heterocycles. The third-order valence-corrected chi connectivity index (χ3v) is 3.32. The average Bonchev–Trinajstić information content (AvgIpc) is 2.51. The zero-order chi connectivity index (χ0) is 20.0. The van der Waals surface area contributed by atoms with Crippen molar-refractivity contribution in [2.24, 2.45) is 0 Å². The summed E-state index contributed by atoms with van der Waals surface area (Å²) in [7, 11) is 1.09. The van der Waals surface area contributed by atoms with Crippen molar-refractivity contribution < 1.29 is 32.6 Å². The first kappa shape index (κ1) is 19.3. The third-order valence-electron chi connectivity index (χ3n) is 3.32. The number of pyridine rings is 1. The fourth-order valence-electron chi connectivity index (χ4n) is 2.18. The molecule has 1 aromatic carbocycles. The molecule has 1 N–H and O–H groups in total. The number of aromatic nitrogens is 1. The molecule has 7 nitrogen and oxygen atoms in total. The van der Waals surface area contributed by atoms with Crippen LogP contribution in [0, 0.1) is 17.5 Å². The lowest BCUT2D eigenvalue weighted by molar-refractivity contribution is 0.0549. The summed E-state index contributed by atoms with van der Waals surface area (Å²) in [6.07, 6.45) is -0.403. The molecule has 26 heavy (non-hydrogen) atoms. The van der Waals surface area contributed by atoms with Crippen molar-refractivity contribution in [1.82, 2.24) is 4.68 Å². The van der Waals surface area contributed by atoms with E-state index in [4.69, 9.17) is 9.84 Å². The van der Waals surface area contributed by atoms with E-state index in [1.807, 2.05) is 0 Å². The number of carbonyl (C=O) groups excluding carboxylic acids is 1. The highest BCUT2D eigenvalue weighted by Crippen LogP contribution is 2.22. The van der Waals surface area contributed by atoms with E-state index in [1.165, 1.54) is 0 Å². The van der Waals surface area contributed by atoms with Gasteiger partial charge in [0.1, 0.15) is 16.7 Å². The number of halogens is 3. The Morgan fingerprint density at radius 2 is 1.77 bits per heavy atom. The van der Waals surface area contributed by atoms with E-state index in [9.17, 15) is 27.6 Å². The highest BCUT2D eigenvalue weighted by Gasteiger charge is 2.27. The van der Waals surface area contributed by atoms with Crippen molar-refractivity contribution >= 4 is 23.0 Å². The second-order valence-electron chi connectivity index (χ2n) is 6.41. The van der Waals surface area contributed by atoms with E-state index in [0.717, 1.165) is 7.05 Å². The fourth-order valence-corrected chi connectivity index (χ4v) is 2.18. The predicted octanol–water partition coefficient (Wildman–Crippen LogP) is 2.62. The van der Waals surface area contributed by atoms with Crippen LogP contribution in [0.1, 0.15) is 31.1 Å². The molecule has 1 aromatic heterocycles. The largest absolute Gasteiger partial charge is 0.477 e. The number of hydrogen-bond acceptors (Lipinski definition) is 4. The van der Waals surface area contributed by atoms with Gasteiger partial charge in [0, 0.05) is 13.2 Å². The number of amides is 1. The zero-order valence-electron chi connectivity index (χ0n) is 14.3.